The van der Waals surface area contributed by atoms with Crippen LogP contribution >= 0.6 is 22.9 Å². The van der Waals surface area contributed by atoms with Gasteiger partial charge in [-0.2, -0.15) is 0 Å². The molecule has 0 bridgehead atoms. The summed E-state index contributed by atoms with van der Waals surface area (Å²) in [7, 11) is -3.49. The highest BCUT2D eigenvalue weighted by molar-refractivity contribution is 7.90. The molecular weight excluding hydrogens is 516 g/mol. The predicted octanol–water partition coefficient (Wildman–Crippen LogP) is 5.97. The van der Waals surface area contributed by atoms with Gasteiger partial charge in [0.1, 0.15) is 0 Å². The Morgan fingerprint density at radius 1 is 1.14 bits per heavy atom. The Morgan fingerprint density at radius 2 is 1.83 bits per heavy atom. The molecule has 1 aliphatic rings. The molecule has 1 amide bonds. The zero-order valence-electron chi connectivity index (χ0n) is 19.4. The van der Waals surface area contributed by atoms with Gasteiger partial charge in [0.25, 0.3) is 11.8 Å². The van der Waals surface area contributed by atoms with Crippen molar-refractivity contribution in [1.29, 1.82) is 0 Å². The van der Waals surface area contributed by atoms with Gasteiger partial charge in [-0.3, -0.25) is 9.78 Å². The van der Waals surface area contributed by atoms with Crippen molar-refractivity contribution in [1.82, 2.24) is 4.98 Å². The van der Waals surface area contributed by atoms with Crippen LogP contribution in [0.4, 0.5) is 20.2 Å². The second-order valence-corrected chi connectivity index (χ2v) is 12.4. The number of rotatable bonds is 5. The number of aromatic nitrogens is 1. The van der Waals surface area contributed by atoms with Gasteiger partial charge in [-0.05, 0) is 49.7 Å². The van der Waals surface area contributed by atoms with Gasteiger partial charge >= 0.3 is 0 Å². The fourth-order valence-electron chi connectivity index (χ4n) is 3.98. The van der Waals surface area contributed by atoms with Gasteiger partial charge in [-0.1, -0.05) is 11.6 Å². The van der Waals surface area contributed by atoms with E-state index in [1.54, 1.807) is 12.3 Å². The van der Waals surface area contributed by atoms with E-state index >= 15 is 0 Å². The molecule has 2 aromatic heterocycles. The summed E-state index contributed by atoms with van der Waals surface area (Å²) in [5.74, 6) is -3.00. The third-order valence-corrected chi connectivity index (χ3v) is 8.24. The molecule has 0 unspecified atom stereocenters. The summed E-state index contributed by atoms with van der Waals surface area (Å²) < 4.78 is 50.7. The van der Waals surface area contributed by atoms with Gasteiger partial charge < -0.3 is 10.2 Å². The maximum absolute atomic E-state index is 13.5. The van der Waals surface area contributed by atoms with Crippen molar-refractivity contribution in [2.75, 3.05) is 29.6 Å². The van der Waals surface area contributed by atoms with E-state index in [-0.39, 0.29) is 41.5 Å². The Labute approximate surface area is 211 Å². The van der Waals surface area contributed by atoms with Gasteiger partial charge in [-0.15, -0.1) is 11.3 Å². The van der Waals surface area contributed by atoms with E-state index in [1.165, 1.54) is 29.5 Å². The number of piperidine rings is 1. The number of benzene rings is 1. The molecule has 1 aliphatic heterocycles. The van der Waals surface area contributed by atoms with Crippen molar-refractivity contribution in [2.24, 2.45) is 0 Å². The van der Waals surface area contributed by atoms with E-state index in [9.17, 15) is 22.0 Å². The third-order valence-electron chi connectivity index (χ3n) is 5.88. The van der Waals surface area contributed by atoms with Gasteiger partial charge in [0.2, 0.25) is 0 Å². The van der Waals surface area contributed by atoms with Crippen LogP contribution in [-0.2, 0) is 9.84 Å². The smallest absolute Gasteiger partial charge is 0.265 e. The standard InChI is InChI=1S/C24H24ClF2N3O3S2/c1-14-8-18(30-6-4-24(26,27)5-7-30)13-28-22(14)20-12-21(34-15(20)2)23(31)29-17-9-16(25)10-19(11-17)35(3,32)33/h8-13H,4-7H2,1-3H3,(H,29,31). The van der Waals surface area contributed by atoms with E-state index in [2.05, 4.69) is 10.3 Å². The van der Waals surface area contributed by atoms with E-state index in [4.69, 9.17) is 11.6 Å². The molecule has 11 heteroatoms. The highest BCUT2D eigenvalue weighted by Gasteiger charge is 2.34. The number of aryl methyl sites for hydroxylation is 2. The second kappa shape index (κ2) is 9.48. The Morgan fingerprint density at radius 3 is 2.46 bits per heavy atom. The number of pyridine rings is 1. The predicted molar refractivity (Wildman–Crippen MR) is 136 cm³/mol. The summed E-state index contributed by atoms with van der Waals surface area (Å²) in [5.41, 5.74) is 3.47. The largest absolute Gasteiger partial charge is 0.370 e. The molecule has 1 saturated heterocycles. The number of carbonyl (C=O) groups excluding carboxylic acids is 1. The zero-order chi connectivity index (χ0) is 25.5. The lowest BCUT2D eigenvalue weighted by molar-refractivity contribution is -0.0220. The number of hydrogen-bond donors (Lipinski definition) is 1. The normalized spacial score (nSPS) is 15.8. The summed E-state index contributed by atoms with van der Waals surface area (Å²) in [6.45, 7) is 4.35. The maximum Gasteiger partial charge on any atom is 0.265 e. The van der Waals surface area contributed by atoms with Crippen LogP contribution < -0.4 is 10.2 Å². The Balaban J connectivity index is 1.55. The fourth-order valence-corrected chi connectivity index (χ4v) is 5.88. The number of halogens is 3. The molecule has 4 rings (SSSR count). The maximum atomic E-state index is 13.5. The number of anilines is 2. The Kier molecular flexibility index (Phi) is 6.91. The highest BCUT2D eigenvalue weighted by Crippen LogP contribution is 2.35. The number of sulfone groups is 1. The van der Waals surface area contributed by atoms with E-state index in [1.807, 2.05) is 24.8 Å². The van der Waals surface area contributed by atoms with Crippen molar-refractivity contribution >= 4 is 50.1 Å². The number of amides is 1. The lowest BCUT2D eigenvalue weighted by atomic mass is 10.0. The van der Waals surface area contributed by atoms with Crippen LogP contribution in [0.25, 0.3) is 11.3 Å². The molecule has 0 aliphatic carbocycles. The number of nitrogens with zero attached hydrogens (tertiary/aromatic N) is 2. The first kappa shape index (κ1) is 25.5. The van der Waals surface area contributed by atoms with Gasteiger partial charge in [-0.25, -0.2) is 17.2 Å². The molecule has 0 saturated carbocycles. The lowest BCUT2D eigenvalue weighted by Gasteiger charge is -2.33. The Bertz CT molecular complexity index is 1400. The Hall–Kier alpha value is -2.56. The van der Waals surface area contributed by atoms with E-state index in [0.717, 1.165) is 27.9 Å². The molecule has 186 valence electrons. The molecule has 1 aromatic carbocycles. The summed E-state index contributed by atoms with van der Waals surface area (Å²) in [6.07, 6.45) is 2.41. The second-order valence-electron chi connectivity index (χ2n) is 8.68. The first-order valence-corrected chi connectivity index (χ1v) is 13.9. The third kappa shape index (κ3) is 5.82. The monoisotopic (exact) mass is 539 g/mol. The molecular formula is C24H24ClF2N3O3S2. The molecule has 0 radical (unpaired) electrons. The highest BCUT2D eigenvalue weighted by atomic mass is 35.5. The van der Waals surface area contributed by atoms with Crippen LogP contribution in [0.2, 0.25) is 5.02 Å². The van der Waals surface area contributed by atoms with Crippen molar-refractivity contribution in [2.45, 2.75) is 37.5 Å². The van der Waals surface area contributed by atoms with Crippen LogP contribution in [-0.4, -0.2) is 44.6 Å². The average molecular weight is 540 g/mol. The molecule has 3 aromatic rings. The van der Waals surface area contributed by atoms with Gasteiger partial charge in [0, 0.05) is 53.3 Å². The number of alkyl halides is 2. The first-order valence-electron chi connectivity index (χ1n) is 10.8. The molecule has 1 fully saturated rings. The zero-order valence-corrected chi connectivity index (χ0v) is 21.8. The molecule has 6 nitrogen and oxygen atoms in total. The van der Waals surface area contributed by atoms with Gasteiger partial charge in [0.05, 0.1) is 27.4 Å². The number of carbonyl (C=O) groups is 1. The number of nitrogens with one attached hydrogen (secondary N) is 1. The lowest BCUT2D eigenvalue weighted by Crippen LogP contribution is -2.39. The minimum atomic E-state index is -3.49. The van der Waals surface area contributed by atoms with Crippen LogP contribution in [0.5, 0.6) is 0 Å². The molecule has 3 heterocycles. The molecule has 1 N–H and O–H groups in total. The number of hydrogen-bond acceptors (Lipinski definition) is 6. The van der Waals surface area contributed by atoms with Crippen molar-refractivity contribution < 1.29 is 22.0 Å². The topological polar surface area (TPSA) is 79.4 Å². The minimum absolute atomic E-state index is 0.0145. The van der Waals surface area contributed by atoms with Gasteiger partial charge in [0.15, 0.2) is 9.84 Å². The van der Waals surface area contributed by atoms with Crippen LogP contribution in [0.3, 0.4) is 0 Å². The summed E-state index contributed by atoms with van der Waals surface area (Å²) >= 11 is 7.33. The van der Waals surface area contributed by atoms with E-state index < -0.39 is 21.7 Å². The SMILES string of the molecule is Cc1cc(N2CCC(F)(F)CC2)cnc1-c1cc(C(=O)Nc2cc(Cl)cc(S(C)(=O)=O)c2)sc1C. The van der Waals surface area contributed by atoms with Crippen LogP contribution in [0.1, 0.15) is 33.0 Å². The quantitative estimate of drug-likeness (QED) is 0.432. The van der Waals surface area contributed by atoms with Crippen molar-refractivity contribution in [3.05, 3.63) is 56.9 Å². The fraction of sp³-hybridized carbons (Fsp3) is 0.333. The summed E-state index contributed by atoms with van der Waals surface area (Å²) in [6, 6.07) is 7.85. The summed E-state index contributed by atoms with van der Waals surface area (Å²) in [5, 5.41) is 2.91. The van der Waals surface area contributed by atoms with Crippen LogP contribution in [0.15, 0.2) is 41.4 Å². The number of thiophene rings is 1. The molecule has 35 heavy (non-hydrogen) atoms. The molecule has 0 spiro atoms. The molecule has 0 atom stereocenters. The van der Waals surface area contributed by atoms with Crippen LogP contribution in [0, 0.1) is 13.8 Å². The minimum Gasteiger partial charge on any atom is -0.370 e. The van der Waals surface area contributed by atoms with Crippen molar-refractivity contribution in [3.63, 3.8) is 0 Å². The van der Waals surface area contributed by atoms with E-state index in [0.29, 0.717) is 10.6 Å². The summed E-state index contributed by atoms with van der Waals surface area (Å²) in [4.78, 5) is 20.7. The first-order chi connectivity index (χ1) is 16.3. The average Bonchev–Trinajstić information content (AvgIpc) is 3.14. The van der Waals surface area contributed by atoms with Crippen molar-refractivity contribution in [3.8, 4) is 11.3 Å².